The highest BCUT2D eigenvalue weighted by Crippen LogP contribution is 2.30. The molecule has 0 aliphatic heterocycles. The van der Waals surface area contributed by atoms with Crippen molar-refractivity contribution < 1.29 is 4.74 Å². The van der Waals surface area contributed by atoms with Gasteiger partial charge in [0, 0.05) is 17.1 Å². The molecule has 1 heterocycles. The van der Waals surface area contributed by atoms with Crippen molar-refractivity contribution in [3.8, 4) is 29.4 Å². The van der Waals surface area contributed by atoms with Crippen LogP contribution in [0.15, 0.2) is 59.4 Å². The maximum absolute atomic E-state index is 13.2. The lowest BCUT2D eigenvalue weighted by molar-refractivity contribution is 0.371. The monoisotopic (exact) mass is 462 g/mol. The quantitative estimate of drug-likeness (QED) is 0.298. The summed E-state index contributed by atoms with van der Waals surface area (Å²) in [4.78, 5) is 17.7. The lowest BCUT2D eigenvalue weighted by Gasteiger charge is -2.13. The Morgan fingerprint density at radius 3 is 2.34 bits per heavy atom. The largest absolute Gasteiger partial charge is 0.481 e. The van der Waals surface area contributed by atoms with Gasteiger partial charge in [-0.15, -0.1) is 6.42 Å². The number of ether oxygens (including phenoxy) is 1. The lowest BCUT2D eigenvalue weighted by atomic mass is 9.99. The molecule has 0 saturated heterocycles. The van der Waals surface area contributed by atoms with E-state index in [0.717, 1.165) is 33.2 Å². The molecule has 4 nitrogen and oxygen atoms in total. The molecule has 0 unspecified atom stereocenters. The summed E-state index contributed by atoms with van der Waals surface area (Å²) in [5.74, 6) is 3.55. The Morgan fingerprint density at radius 2 is 1.71 bits per heavy atom. The summed E-state index contributed by atoms with van der Waals surface area (Å²) in [6, 6.07) is 18.1. The van der Waals surface area contributed by atoms with Crippen LogP contribution < -0.4 is 10.4 Å². The highest BCUT2D eigenvalue weighted by Gasteiger charge is 2.13. The molecule has 0 aliphatic rings. The number of rotatable bonds is 6. The van der Waals surface area contributed by atoms with Crippen LogP contribution in [0.2, 0.25) is 0 Å². The van der Waals surface area contributed by atoms with Crippen molar-refractivity contribution in [2.75, 3.05) is 6.61 Å². The van der Waals surface area contributed by atoms with E-state index in [1.165, 1.54) is 11.1 Å². The summed E-state index contributed by atoms with van der Waals surface area (Å²) in [6.07, 6.45) is 9.16. The van der Waals surface area contributed by atoms with E-state index in [1.54, 1.807) is 10.8 Å². The first-order chi connectivity index (χ1) is 16.8. The van der Waals surface area contributed by atoms with Gasteiger partial charge in [-0.3, -0.25) is 4.57 Å². The van der Waals surface area contributed by atoms with E-state index in [4.69, 9.17) is 11.2 Å². The molecule has 176 valence electrons. The fraction of sp³-hybridized carbons (Fsp3) is 0.226. The minimum Gasteiger partial charge on any atom is -0.481 e. The number of benzene rings is 3. The van der Waals surface area contributed by atoms with Crippen molar-refractivity contribution in [3.05, 3.63) is 92.9 Å². The zero-order chi connectivity index (χ0) is 25.1. The van der Waals surface area contributed by atoms with Gasteiger partial charge in [-0.1, -0.05) is 61.7 Å². The Balaban J connectivity index is 1.90. The van der Waals surface area contributed by atoms with Crippen LogP contribution in [-0.2, 0) is 0 Å². The van der Waals surface area contributed by atoms with Crippen LogP contribution in [0.4, 0.5) is 0 Å². The van der Waals surface area contributed by atoms with Gasteiger partial charge in [0.25, 0.3) is 0 Å². The smallest absolute Gasteiger partial charge is 0.352 e. The normalized spacial score (nSPS) is 11.3. The fourth-order valence-electron chi connectivity index (χ4n) is 4.44. The average molecular weight is 463 g/mol. The Bertz CT molecular complexity index is 1490. The Labute approximate surface area is 206 Å². The molecule has 0 saturated carbocycles. The van der Waals surface area contributed by atoms with Crippen molar-refractivity contribution in [1.29, 1.82) is 0 Å². The van der Waals surface area contributed by atoms with Gasteiger partial charge in [0.1, 0.15) is 12.4 Å². The average Bonchev–Trinajstić information content (AvgIpc) is 2.83. The highest BCUT2D eigenvalue weighted by atomic mass is 16.5. The second-order valence-corrected chi connectivity index (χ2v) is 9.19. The Hall–Kier alpha value is -4.10. The molecule has 0 radical (unpaired) electrons. The Kier molecular flexibility index (Phi) is 6.89. The third kappa shape index (κ3) is 5.05. The molecule has 0 atom stereocenters. The highest BCUT2D eigenvalue weighted by molar-refractivity contribution is 5.94. The molecule has 4 heteroatoms. The lowest BCUT2D eigenvalue weighted by Crippen LogP contribution is -2.20. The minimum atomic E-state index is -0.337. The van der Waals surface area contributed by atoms with E-state index in [2.05, 4.69) is 69.8 Å². The topological polar surface area (TPSA) is 44.1 Å². The van der Waals surface area contributed by atoms with Gasteiger partial charge >= 0.3 is 5.69 Å². The summed E-state index contributed by atoms with van der Waals surface area (Å²) in [6.45, 7) is 10.7. The van der Waals surface area contributed by atoms with Crippen LogP contribution in [-0.4, -0.2) is 16.2 Å². The molecule has 0 N–H and O–H groups in total. The summed E-state index contributed by atoms with van der Waals surface area (Å²) in [7, 11) is 0. The van der Waals surface area contributed by atoms with Crippen LogP contribution >= 0.6 is 0 Å². The molecule has 4 aromatic rings. The van der Waals surface area contributed by atoms with E-state index in [0.29, 0.717) is 17.4 Å². The predicted molar refractivity (Wildman–Crippen MR) is 146 cm³/mol. The molecule has 0 fully saturated rings. The van der Waals surface area contributed by atoms with Crippen LogP contribution in [0, 0.1) is 33.1 Å². The number of hydrogen-bond donors (Lipinski definition) is 0. The molecule has 0 spiro atoms. The van der Waals surface area contributed by atoms with Crippen molar-refractivity contribution in [1.82, 2.24) is 9.55 Å². The SMILES string of the molecule is C#CCOc1ccc2c(c1)c(-c1ccc(C(C)C)cc1)nc(=O)n2C=Cc1c(C)cc(C)cc1C. The summed E-state index contributed by atoms with van der Waals surface area (Å²) in [5.41, 5.74) is 7.79. The minimum absolute atomic E-state index is 0.170. The zero-order valence-corrected chi connectivity index (χ0v) is 20.9. The van der Waals surface area contributed by atoms with E-state index < -0.39 is 0 Å². The zero-order valence-electron chi connectivity index (χ0n) is 20.9. The molecular weight excluding hydrogens is 432 g/mol. The van der Waals surface area contributed by atoms with Crippen LogP contribution in [0.1, 0.15) is 47.6 Å². The third-order valence-electron chi connectivity index (χ3n) is 6.20. The number of aryl methyl sites for hydroxylation is 3. The molecule has 0 aliphatic carbocycles. The van der Waals surface area contributed by atoms with Crippen LogP contribution in [0.25, 0.3) is 34.4 Å². The molecule has 4 rings (SSSR count). The molecule has 0 bridgehead atoms. The third-order valence-corrected chi connectivity index (χ3v) is 6.20. The van der Waals surface area contributed by atoms with Crippen LogP contribution in [0.3, 0.4) is 0 Å². The van der Waals surface area contributed by atoms with Crippen molar-refractivity contribution in [2.45, 2.75) is 40.5 Å². The molecule has 0 amide bonds. The molecule has 35 heavy (non-hydrogen) atoms. The van der Waals surface area contributed by atoms with Gasteiger partial charge in [-0.05, 0) is 73.2 Å². The van der Waals surface area contributed by atoms with Crippen molar-refractivity contribution in [3.63, 3.8) is 0 Å². The number of aromatic nitrogens is 2. The second kappa shape index (κ2) is 10.0. The maximum atomic E-state index is 13.2. The van der Waals surface area contributed by atoms with Crippen molar-refractivity contribution >= 4 is 23.2 Å². The summed E-state index contributed by atoms with van der Waals surface area (Å²) in [5, 5.41) is 0.818. The van der Waals surface area contributed by atoms with E-state index in [-0.39, 0.29) is 12.3 Å². The van der Waals surface area contributed by atoms with Gasteiger partial charge in [-0.2, -0.15) is 4.98 Å². The summed E-state index contributed by atoms with van der Waals surface area (Å²) >= 11 is 0. The predicted octanol–water partition coefficient (Wildman–Crippen LogP) is 6.75. The second-order valence-electron chi connectivity index (χ2n) is 9.19. The van der Waals surface area contributed by atoms with Gasteiger partial charge in [0.15, 0.2) is 0 Å². The Morgan fingerprint density at radius 1 is 1.03 bits per heavy atom. The first kappa shape index (κ1) is 24.0. The van der Waals surface area contributed by atoms with Gasteiger partial charge < -0.3 is 4.74 Å². The van der Waals surface area contributed by atoms with Gasteiger partial charge in [0.2, 0.25) is 0 Å². The summed E-state index contributed by atoms with van der Waals surface area (Å²) < 4.78 is 7.27. The van der Waals surface area contributed by atoms with Gasteiger partial charge in [0.05, 0.1) is 11.2 Å². The van der Waals surface area contributed by atoms with E-state index in [9.17, 15) is 4.79 Å². The first-order valence-corrected chi connectivity index (χ1v) is 11.8. The van der Waals surface area contributed by atoms with Crippen LogP contribution in [0.5, 0.6) is 5.75 Å². The number of fused-ring (bicyclic) bond motifs is 1. The van der Waals surface area contributed by atoms with Crippen molar-refractivity contribution in [2.24, 2.45) is 0 Å². The molecular formula is C31H30N2O2. The maximum Gasteiger partial charge on any atom is 0.352 e. The molecule has 1 aromatic heterocycles. The van der Waals surface area contributed by atoms with Gasteiger partial charge in [-0.25, -0.2) is 4.79 Å². The molecule has 3 aromatic carbocycles. The number of nitrogens with zero attached hydrogens (tertiary/aromatic N) is 2. The van der Waals surface area contributed by atoms with E-state index in [1.807, 2.05) is 36.4 Å². The standard InChI is InChI=1S/C31H30N2O2/c1-7-16-35-26-12-13-29-28(19-26)30(25-10-8-24(9-11-25)20(2)3)32-31(34)33(29)15-14-27-22(5)17-21(4)18-23(27)6/h1,8-15,17-20H,16H2,2-6H3. The number of terminal acetylenes is 1. The fourth-order valence-corrected chi connectivity index (χ4v) is 4.44. The number of hydrogen-bond acceptors (Lipinski definition) is 3. The first-order valence-electron chi connectivity index (χ1n) is 11.8. The van der Waals surface area contributed by atoms with E-state index >= 15 is 0 Å².